The number of hydrogen-bond acceptors (Lipinski definition) is 6. The number of aromatic nitrogens is 1. The van der Waals surface area contributed by atoms with Gasteiger partial charge in [-0.2, -0.15) is 0 Å². The minimum atomic E-state index is -0.974. The van der Waals surface area contributed by atoms with Crippen LogP contribution in [0.1, 0.15) is 31.9 Å². The lowest BCUT2D eigenvalue weighted by atomic mass is 10.0. The normalized spacial score (nSPS) is 12.0. The number of nitrogens with zero attached hydrogens (tertiary/aromatic N) is 1. The van der Waals surface area contributed by atoms with Gasteiger partial charge in [-0.05, 0) is 38.0 Å². The van der Waals surface area contributed by atoms with Gasteiger partial charge in [0.1, 0.15) is 18.2 Å². The molecule has 9 heteroatoms. The van der Waals surface area contributed by atoms with E-state index < -0.39 is 29.8 Å². The fourth-order valence-electron chi connectivity index (χ4n) is 3.73. The first-order valence-electron chi connectivity index (χ1n) is 11.7. The summed E-state index contributed by atoms with van der Waals surface area (Å²) >= 11 is 0. The van der Waals surface area contributed by atoms with Gasteiger partial charge in [-0.3, -0.25) is 4.90 Å². The van der Waals surface area contributed by atoms with Crippen LogP contribution in [-0.4, -0.2) is 59.9 Å². The van der Waals surface area contributed by atoms with Gasteiger partial charge in [0.15, 0.2) is 0 Å². The molecule has 1 atom stereocenters. The van der Waals surface area contributed by atoms with Crippen LogP contribution in [0.5, 0.6) is 0 Å². The highest BCUT2D eigenvalue weighted by Gasteiger charge is 2.33. The first kappa shape index (κ1) is 26.6. The van der Waals surface area contributed by atoms with Crippen LogP contribution in [0.4, 0.5) is 9.59 Å². The zero-order chi connectivity index (χ0) is 26.1. The third-order valence-corrected chi connectivity index (χ3v) is 5.40. The molecule has 2 aromatic carbocycles. The van der Waals surface area contributed by atoms with Crippen molar-refractivity contribution in [3.63, 3.8) is 0 Å². The summed E-state index contributed by atoms with van der Waals surface area (Å²) in [5, 5.41) is 3.57. The van der Waals surface area contributed by atoms with Crippen LogP contribution in [0.15, 0.2) is 60.8 Å². The number of ether oxygens (including phenoxy) is 3. The number of esters is 1. The van der Waals surface area contributed by atoms with E-state index in [1.165, 1.54) is 12.0 Å². The van der Waals surface area contributed by atoms with Crippen molar-refractivity contribution in [1.82, 2.24) is 15.2 Å². The number of aromatic amines is 1. The number of amides is 2. The number of benzene rings is 2. The van der Waals surface area contributed by atoms with E-state index in [0.717, 1.165) is 22.0 Å². The topological polar surface area (TPSA) is 110 Å². The van der Waals surface area contributed by atoms with Gasteiger partial charge in [-0.25, -0.2) is 14.4 Å². The van der Waals surface area contributed by atoms with E-state index in [-0.39, 0.29) is 26.1 Å². The molecule has 192 valence electrons. The van der Waals surface area contributed by atoms with Crippen LogP contribution in [0.2, 0.25) is 0 Å². The molecule has 2 amide bonds. The Labute approximate surface area is 210 Å². The molecule has 0 spiro atoms. The average molecular weight is 496 g/mol. The Morgan fingerprint density at radius 2 is 1.72 bits per heavy atom. The summed E-state index contributed by atoms with van der Waals surface area (Å²) < 4.78 is 15.9. The number of carbonyl (C=O) groups is 3. The van der Waals surface area contributed by atoms with Crippen molar-refractivity contribution in [2.45, 2.75) is 45.4 Å². The van der Waals surface area contributed by atoms with Gasteiger partial charge in [0.2, 0.25) is 0 Å². The van der Waals surface area contributed by atoms with Crippen LogP contribution < -0.4 is 5.32 Å². The van der Waals surface area contributed by atoms with Gasteiger partial charge in [0.25, 0.3) is 0 Å². The van der Waals surface area contributed by atoms with Crippen molar-refractivity contribution >= 4 is 29.1 Å². The van der Waals surface area contributed by atoms with E-state index in [9.17, 15) is 14.4 Å². The SMILES string of the molecule is COC(=O)[C@@H](Cc1c[nH]c2ccccc12)N(CCNC(=O)OC(C)(C)C)C(=O)OCc1ccccc1. The van der Waals surface area contributed by atoms with Gasteiger partial charge in [-0.15, -0.1) is 0 Å². The predicted octanol–water partition coefficient (Wildman–Crippen LogP) is 4.42. The van der Waals surface area contributed by atoms with Gasteiger partial charge in [-0.1, -0.05) is 48.5 Å². The molecule has 0 radical (unpaired) electrons. The number of nitrogens with one attached hydrogen (secondary N) is 2. The second kappa shape index (κ2) is 12.1. The molecule has 36 heavy (non-hydrogen) atoms. The molecule has 0 aliphatic carbocycles. The van der Waals surface area contributed by atoms with E-state index in [0.29, 0.717) is 0 Å². The first-order chi connectivity index (χ1) is 17.2. The third kappa shape index (κ3) is 7.49. The lowest BCUT2D eigenvalue weighted by Gasteiger charge is -2.29. The highest BCUT2D eigenvalue weighted by atomic mass is 16.6. The van der Waals surface area contributed by atoms with Crippen LogP contribution in [0, 0.1) is 0 Å². The Hall–Kier alpha value is -4.01. The second-order valence-corrected chi connectivity index (χ2v) is 9.26. The molecular weight excluding hydrogens is 462 g/mol. The van der Waals surface area contributed by atoms with E-state index >= 15 is 0 Å². The fraction of sp³-hybridized carbons (Fsp3) is 0.370. The summed E-state index contributed by atoms with van der Waals surface area (Å²) in [6.45, 7) is 5.37. The molecule has 0 fully saturated rings. The second-order valence-electron chi connectivity index (χ2n) is 9.26. The number of methoxy groups -OCH3 is 1. The van der Waals surface area contributed by atoms with E-state index in [4.69, 9.17) is 14.2 Å². The number of fused-ring (bicyclic) bond motifs is 1. The molecule has 3 aromatic rings. The van der Waals surface area contributed by atoms with Crippen LogP contribution in [0.3, 0.4) is 0 Å². The van der Waals surface area contributed by atoms with E-state index in [2.05, 4.69) is 10.3 Å². The summed E-state index contributed by atoms with van der Waals surface area (Å²) in [5.41, 5.74) is 1.91. The number of alkyl carbamates (subject to hydrolysis) is 1. The zero-order valence-electron chi connectivity index (χ0n) is 21.1. The Balaban J connectivity index is 1.80. The molecule has 2 N–H and O–H groups in total. The zero-order valence-corrected chi connectivity index (χ0v) is 21.1. The first-order valence-corrected chi connectivity index (χ1v) is 11.7. The van der Waals surface area contributed by atoms with Crippen LogP contribution in [-0.2, 0) is 32.0 Å². The maximum absolute atomic E-state index is 13.2. The Bertz CT molecular complexity index is 1170. The molecule has 0 aliphatic rings. The van der Waals surface area contributed by atoms with Gasteiger partial charge in [0, 0.05) is 36.6 Å². The maximum atomic E-state index is 13.2. The lowest BCUT2D eigenvalue weighted by Crippen LogP contribution is -2.50. The number of hydrogen-bond donors (Lipinski definition) is 2. The highest BCUT2D eigenvalue weighted by molar-refractivity contribution is 5.86. The quantitative estimate of drug-likeness (QED) is 0.336. The highest BCUT2D eigenvalue weighted by Crippen LogP contribution is 2.22. The summed E-state index contributed by atoms with van der Waals surface area (Å²) in [6, 6.07) is 16.0. The molecule has 0 unspecified atom stereocenters. The molecular formula is C27H33N3O6. The summed E-state index contributed by atoms with van der Waals surface area (Å²) in [5.74, 6) is -0.589. The Morgan fingerprint density at radius 3 is 2.42 bits per heavy atom. The molecule has 3 rings (SSSR count). The van der Waals surface area contributed by atoms with Crippen LogP contribution >= 0.6 is 0 Å². The van der Waals surface area contributed by atoms with Crippen LogP contribution in [0.25, 0.3) is 10.9 Å². The molecule has 1 aromatic heterocycles. The van der Waals surface area contributed by atoms with Crippen molar-refractivity contribution in [2.75, 3.05) is 20.2 Å². The van der Waals surface area contributed by atoms with Crippen molar-refractivity contribution in [1.29, 1.82) is 0 Å². The third-order valence-electron chi connectivity index (χ3n) is 5.40. The average Bonchev–Trinajstić information content (AvgIpc) is 3.26. The minimum Gasteiger partial charge on any atom is -0.467 e. The number of carbonyl (C=O) groups excluding carboxylic acids is 3. The number of rotatable bonds is 9. The molecule has 1 heterocycles. The smallest absolute Gasteiger partial charge is 0.410 e. The van der Waals surface area contributed by atoms with Gasteiger partial charge < -0.3 is 24.5 Å². The predicted molar refractivity (Wildman–Crippen MR) is 135 cm³/mol. The number of H-pyrrole nitrogens is 1. The van der Waals surface area contributed by atoms with Crippen molar-refractivity contribution in [3.8, 4) is 0 Å². The molecule has 0 aliphatic heterocycles. The largest absolute Gasteiger partial charge is 0.467 e. The molecule has 0 saturated carbocycles. The monoisotopic (exact) mass is 495 g/mol. The van der Waals surface area contributed by atoms with Gasteiger partial charge >= 0.3 is 18.2 Å². The fourth-order valence-corrected chi connectivity index (χ4v) is 3.73. The molecule has 0 bridgehead atoms. The maximum Gasteiger partial charge on any atom is 0.410 e. The summed E-state index contributed by atoms with van der Waals surface area (Å²) in [7, 11) is 1.27. The van der Waals surface area contributed by atoms with Gasteiger partial charge in [0.05, 0.1) is 7.11 Å². The van der Waals surface area contributed by atoms with E-state index in [1.54, 1.807) is 20.8 Å². The summed E-state index contributed by atoms with van der Waals surface area (Å²) in [6.07, 6.45) is 0.697. The van der Waals surface area contributed by atoms with E-state index in [1.807, 2.05) is 60.8 Å². The molecule has 0 saturated heterocycles. The van der Waals surface area contributed by atoms with Crippen molar-refractivity contribution in [2.24, 2.45) is 0 Å². The standard InChI is InChI=1S/C27H33N3O6/c1-27(2,3)36-25(32)28-14-15-30(26(33)35-18-19-10-6-5-7-11-19)23(24(31)34-4)16-20-17-29-22-13-9-8-12-21(20)22/h5-13,17,23,29H,14-16,18H2,1-4H3,(H,28,32)/t23-/m1/s1. The summed E-state index contributed by atoms with van der Waals surface area (Å²) in [4.78, 5) is 42.7. The van der Waals surface area contributed by atoms with Crippen molar-refractivity contribution in [3.05, 3.63) is 71.9 Å². The Morgan fingerprint density at radius 1 is 1.03 bits per heavy atom. The lowest BCUT2D eigenvalue weighted by molar-refractivity contribution is -0.146. The van der Waals surface area contributed by atoms with Crippen molar-refractivity contribution < 1.29 is 28.6 Å². The molecule has 9 nitrogen and oxygen atoms in total. The Kier molecular flexibility index (Phi) is 8.94. The number of para-hydroxylation sites is 1. The minimum absolute atomic E-state index is 0.00892.